The van der Waals surface area contributed by atoms with E-state index in [0.29, 0.717) is 5.75 Å². The molecule has 1 N–H and O–H groups in total. The summed E-state index contributed by atoms with van der Waals surface area (Å²) in [4.78, 5) is 12.0. The minimum absolute atomic E-state index is 0.0203. The van der Waals surface area contributed by atoms with Crippen LogP contribution in [0.1, 0.15) is 57.9 Å². The molecule has 0 aromatic heterocycles. The lowest BCUT2D eigenvalue weighted by atomic mass is 10.1. The summed E-state index contributed by atoms with van der Waals surface area (Å²) in [5, 5.41) is 2.84. The Labute approximate surface area is 169 Å². The van der Waals surface area contributed by atoms with Crippen molar-refractivity contribution in [3.05, 3.63) is 54.1 Å². The number of nitrogens with one attached hydrogen (secondary N) is 1. The van der Waals surface area contributed by atoms with Gasteiger partial charge in [0.05, 0.1) is 6.61 Å². The number of amides is 1. The minimum Gasteiger partial charge on any atom is -0.494 e. The van der Waals surface area contributed by atoms with Crippen LogP contribution in [0.3, 0.4) is 0 Å². The summed E-state index contributed by atoms with van der Waals surface area (Å²) in [6, 6.07) is 15.3. The fourth-order valence-corrected chi connectivity index (χ4v) is 2.87. The smallest absolute Gasteiger partial charge is 0.262 e. The van der Waals surface area contributed by atoms with Gasteiger partial charge < -0.3 is 14.8 Å². The number of carbonyl (C=O) groups is 1. The molecule has 0 aliphatic heterocycles. The van der Waals surface area contributed by atoms with Crippen molar-refractivity contribution in [1.29, 1.82) is 0 Å². The normalized spacial score (nSPS) is 10.5. The molecule has 0 saturated heterocycles. The van der Waals surface area contributed by atoms with Crippen molar-refractivity contribution in [2.45, 2.75) is 58.8 Å². The van der Waals surface area contributed by atoms with Crippen LogP contribution < -0.4 is 14.8 Å². The first kappa shape index (κ1) is 21.8. The Morgan fingerprint density at radius 2 is 1.39 bits per heavy atom. The molecular formula is C24H33NO3. The summed E-state index contributed by atoms with van der Waals surface area (Å²) in [7, 11) is 0. The van der Waals surface area contributed by atoms with Gasteiger partial charge in [-0.1, -0.05) is 58.1 Å². The van der Waals surface area contributed by atoms with Crippen molar-refractivity contribution in [2.24, 2.45) is 0 Å². The van der Waals surface area contributed by atoms with Gasteiger partial charge in [0.2, 0.25) is 0 Å². The lowest BCUT2D eigenvalue weighted by Gasteiger charge is -2.09. The highest BCUT2D eigenvalue weighted by Crippen LogP contribution is 2.18. The van der Waals surface area contributed by atoms with Crippen molar-refractivity contribution in [3.8, 4) is 11.5 Å². The standard InChI is InChI=1S/C24H33NO3/c1-3-5-6-7-8-9-18-27-22-14-16-23(17-15-22)28-19-24(26)25-21-12-10-20(4-2)11-13-21/h10-17H,3-9,18-19H2,1-2H3,(H,25,26). The number of benzene rings is 2. The van der Waals surface area contributed by atoms with Gasteiger partial charge in [0.15, 0.2) is 6.61 Å². The van der Waals surface area contributed by atoms with Gasteiger partial charge in [-0.25, -0.2) is 0 Å². The molecule has 2 aromatic rings. The molecular weight excluding hydrogens is 350 g/mol. The van der Waals surface area contributed by atoms with Crippen LogP contribution in [0.2, 0.25) is 0 Å². The fraction of sp³-hybridized carbons (Fsp3) is 0.458. The molecule has 0 fully saturated rings. The van der Waals surface area contributed by atoms with Gasteiger partial charge in [-0.05, 0) is 54.8 Å². The summed E-state index contributed by atoms with van der Waals surface area (Å²) >= 11 is 0. The molecule has 0 atom stereocenters. The lowest BCUT2D eigenvalue weighted by Crippen LogP contribution is -2.20. The highest BCUT2D eigenvalue weighted by atomic mass is 16.5. The molecule has 0 saturated carbocycles. The summed E-state index contributed by atoms with van der Waals surface area (Å²) in [6.07, 6.45) is 8.49. The van der Waals surface area contributed by atoms with E-state index < -0.39 is 0 Å². The van der Waals surface area contributed by atoms with Crippen LogP contribution in [0.5, 0.6) is 11.5 Å². The van der Waals surface area contributed by atoms with Crippen LogP contribution in [0.15, 0.2) is 48.5 Å². The van der Waals surface area contributed by atoms with Crippen LogP contribution in [-0.2, 0) is 11.2 Å². The second-order valence-corrected chi connectivity index (χ2v) is 6.97. The van der Waals surface area contributed by atoms with Crippen LogP contribution in [0, 0.1) is 0 Å². The average molecular weight is 384 g/mol. The number of hydrogen-bond donors (Lipinski definition) is 1. The summed E-state index contributed by atoms with van der Waals surface area (Å²) in [5.74, 6) is 1.32. The average Bonchev–Trinajstić information content (AvgIpc) is 2.73. The molecule has 0 radical (unpaired) electrons. The van der Waals surface area contributed by atoms with E-state index in [0.717, 1.165) is 30.9 Å². The highest BCUT2D eigenvalue weighted by molar-refractivity contribution is 5.91. The van der Waals surface area contributed by atoms with Gasteiger partial charge in [-0.2, -0.15) is 0 Å². The van der Waals surface area contributed by atoms with Gasteiger partial charge in [0.25, 0.3) is 5.91 Å². The third-order valence-corrected chi connectivity index (χ3v) is 4.61. The number of ether oxygens (including phenoxy) is 2. The Hall–Kier alpha value is -2.49. The maximum absolute atomic E-state index is 12.0. The van der Waals surface area contributed by atoms with Gasteiger partial charge in [0, 0.05) is 5.69 Å². The Bertz CT molecular complexity index is 680. The van der Waals surface area contributed by atoms with Gasteiger partial charge in [-0.15, -0.1) is 0 Å². The number of hydrogen-bond acceptors (Lipinski definition) is 3. The number of aryl methyl sites for hydroxylation is 1. The first-order valence-corrected chi connectivity index (χ1v) is 10.5. The monoisotopic (exact) mass is 383 g/mol. The van der Waals surface area contributed by atoms with Gasteiger partial charge >= 0.3 is 0 Å². The maximum Gasteiger partial charge on any atom is 0.262 e. The Morgan fingerprint density at radius 1 is 0.786 bits per heavy atom. The van der Waals surface area contributed by atoms with E-state index in [-0.39, 0.29) is 12.5 Å². The zero-order valence-corrected chi connectivity index (χ0v) is 17.2. The zero-order valence-electron chi connectivity index (χ0n) is 17.2. The molecule has 0 bridgehead atoms. The molecule has 0 unspecified atom stereocenters. The van der Waals surface area contributed by atoms with E-state index in [4.69, 9.17) is 9.47 Å². The minimum atomic E-state index is -0.173. The largest absolute Gasteiger partial charge is 0.494 e. The molecule has 4 heteroatoms. The fourth-order valence-electron chi connectivity index (χ4n) is 2.87. The molecule has 0 aliphatic rings. The molecule has 4 nitrogen and oxygen atoms in total. The topological polar surface area (TPSA) is 47.6 Å². The summed E-state index contributed by atoms with van der Waals surface area (Å²) < 4.78 is 11.3. The molecule has 2 rings (SSSR count). The van der Waals surface area contributed by atoms with Crippen molar-refractivity contribution < 1.29 is 14.3 Å². The molecule has 0 aliphatic carbocycles. The van der Waals surface area contributed by atoms with Crippen LogP contribution in [0.25, 0.3) is 0 Å². The number of anilines is 1. The number of carbonyl (C=O) groups excluding carboxylic acids is 1. The molecule has 152 valence electrons. The summed E-state index contributed by atoms with van der Waals surface area (Å²) in [5.41, 5.74) is 2.03. The Morgan fingerprint density at radius 3 is 2.04 bits per heavy atom. The second-order valence-electron chi connectivity index (χ2n) is 6.97. The predicted octanol–water partition coefficient (Wildman–Crippen LogP) is 6.01. The third kappa shape index (κ3) is 8.47. The summed E-state index contributed by atoms with van der Waals surface area (Å²) in [6.45, 7) is 5.05. The van der Waals surface area contributed by atoms with E-state index in [1.54, 1.807) is 0 Å². The van der Waals surface area contributed by atoms with Crippen LogP contribution in [-0.4, -0.2) is 19.1 Å². The lowest BCUT2D eigenvalue weighted by molar-refractivity contribution is -0.118. The molecule has 1 amide bonds. The quantitative estimate of drug-likeness (QED) is 0.431. The molecule has 2 aromatic carbocycles. The maximum atomic E-state index is 12.0. The molecule has 0 heterocycles. The van der Waals surface area contributed by atoms with E-state index in [2.05, 4.69) is 19.2 Å². The number of unbranched alkanes of at least 4 members (excludes halogenated alkanes) is 5. The van der Waals surface area contributed by atoms with E-state index in [1.807, 2.05) is 48.5 Å². The third-order valence-electron chi connectivity index (χ3n) is 4.61. The number of rotatable bonds is 13. The van der Waals surface area contributed by atoms with Crippen molar-refractivity contribution in [3.63, 3.8) is 0 Å². The van der Waals surface area contributed by atoms with Crippen molar-refractivity contribution in [2.75, 3.05) is 18.5 Å². The van der Waals surface area contributed by atoms with Gasteiger partial charge in [0.1, 0.15) is 11.5 Å². The van der Waals surface area contributed by atoms with Crippen LogP contribution in [0.4, 0.5) is 5.69 Å². The zero-order chi connectivity index (χ0) is 20.0. The van der Waals surface area contributed by atoms with Crippen molar-refractivity contribution in [1.82, 2.24) is 0 Å². The predicted molar refractivity (Wildman–Crippen MR) is 115 cm³/mol. The highest BCUT2D eigenvalue weighted by Gasteiger charge is 2.04. The second kappa shape index (κ2) is 12.8. The van der Waals surface area contributed by atoms with Crippen LogP contribution >= 0.6 is 0 Å². The Kier molecular flexibility index (Phi) is 9.98. The Balaban J connectivity index is 1.64. The molecule has 28 heavy (non-hydrogen) atoms. The van der Waals surface area contributed by atoms with E-state index in [1.165, 1.54) is 37.7 Å². The SMILES string of the molecule is CCCCCCCCOc1ccc(OCC(=O)Nc2ccc(CC)cc2)cc1. The van der Waals surface area contributed by atoms with Crippen molar-refractivity contribution >= 4 is 11.6 Å². The van der Waals surface area contributed by atoms with E-state index >= 15 is 0 Å². The first-order valence-electron chi connectivity index (χ1n) is 10.5. The first-order chi connectivity index (χ1) is 13.7. The van der Waals surface area contributed by atoms with Gasteiger partial charge in [-0.3, -0.25) is 4.79 Å². The van der Waals surface area contributed by atoms with E-state index in [9.17, 15) is 4.79 Å². The molecule has 0 spiro atoms.